The number of hydrogen-bond donors (Lipinski definition) is 0. The Morgan fingerprint density at radius 1 is 0.815 bits per heavy atom. The molecule has 0 amide bonds. The number of allylic oxidation sites excluding steroid dienone is 2. The smallest absolute Gasteiger partial charge is 0.194 e. The van der Waals surface area contributed by atoms with Crippen molar-refractivity contribution in [2.45, 2.75) is 83.5 Å². The van der Waals surface area contributed by atoms with E-state index in [1.165, 1.54) is 57.1 Å². The SMILES string of the molecule is CCCCC1CCC(C=CC2CCC(c3cc(F)c(F)c(F)c3)CC2)CC1. The number of hydrogen-bond acceptors (Lipinski definition) is 0. The van der Waals surface area contributed by atoms with Crippen molar-refractivity contribution in [2.24, 2.45) is 17.8 Å². The summed E-state index contributed by atoms with van der Waals surface area (Å²) in [6.07, 6.45) is 18.3. The zero-order valence-electron chi connectivity index (χ0n) is 16.5. The molecule has 0 aliphatic heterocycles. The molecule has 27 heavy (non-hydrogen) atoms. The summed E-state index contributed by atoms with van der Waals surface area (Å²) in [4.78, 5) is 0. The predicted molar refractivity (Wildman–Crippen MR) is 105 cm³/mol. The van der Waals surface area contributed by atoms with Gasteiger partial charge in [-0.15, -0.1) is 0 Å². The summed E-state index contributed by atoms with van der Waals surface area (Å²) in [6.45, 7) is 2.27. The van der Waals surface area contributed by atoms with Crippen LogP contribution in [0.5, 0.6) is 0 Å². The molecule has 0 nitrogen and oxygen atoms in total. The molecule has 2 aliphatic rings. The largest absolute Gasteiger partial charge is 0.204 e. The molecule has 0 bridgehead atoms. The molecule has 0 spiro atoms. The fourth-order valence-electron chi connectivity index (χ4n) is 4.93. The lowest BCUT2D eigenvalue weighted by molar-refractivity contribution is 0.289. The van der Waals surface area contributed by atoms with Crippen LogP contribution in [0.15, 0.2) is 24.3 Å². The highest BCUT2D eigenvalue weighted by atomic mass is 19.2. The second-order valence-electron chi connectivity index (χ2n) is 8.72. The van der Waals surface area contributed by atoms with Gasteiger partial charge >= 0.3 is 0 Å². The van der Waals surface area contributed by atoms with Gasteiger partial charge in [0.1, 0.15) is 0 Å². The molecule has 2 aliphatic carbocycles. The van der Waals surface area contributed by atoms with Crippen LogP contribution in [0.2, 0.25) is 0 Å². The Labute approximate surface area is 162 Å². The highest BCUT2D eigenvalue weighted by molar-refractivity contribution is 5.23. The van der Waals surface area contributed by atoms with Gasteiger partial charge in [0.15, 0.2) is 17.5 Å². The summed E-state index contributed by atoms with van der Waals surface area (Å²) in [6, 6.07) is 2.35. The molecular formula is C24H33F3. The van der Waals surface area contributed by atoms with Gasteiger partial charge in [0, 0.05) is 0 Å². The molecule has 0 unspecified atom stereocenters. The molecule has 0 aromatic heterocycles. The monoisotopic (exact) mass is 378 g/mol. The maximum absolute atomic E-state index is 13.5. The highest BCUT2D eigenvalue weighted by Crippen LogP contribution is 2.38. The average Bonchev–Trinajstić information content (AvgIpc) is 2.69. The first-order valence-corrected chi connectivity index (χ1v) is 10.9. The summed E-state index contributed by atoms with van der Waals surface area (Å²) in [5.41, 5.74) is 0.610. The lowest BCUT2D eigenvalue weighted by Gasteiger charge is -2.29. The van der Waals surface area contributed by atoms with E-state index in [9.17, 15) is 13.2 Å². The molecule has 1 aromatic carbocycles. The Hall–Kier alpha value is -1.25. The molecule has 3 heteroatoms. The van der Waals surface area contributed by atoms with Crippen molar-refractivity contribution in [3.8, 4) is 0 Å². The minimum atomic E-state index is -1.36. The molecule has 2 fully saturated rings. The summed E-state index contributed by atoms with van der Waals surface area (Å²) in [5, 5.41) is 0. The minimum absolute atomic E-state index is 0.147. The van der Waals surface area contributed by atoms with E-state index >= 15 is 0 Å². The topological polar surface area (TPSA) is 0 Å². The van der Waals surface area contributed by atoms with Gasteiger partial charge in [-0.3, -0.25) is 0 Å². The molecule has 0 heterocycles. The van der Waals surface area contributed by atoms with E-state index in [0.29, 0.717) is 11.5 Å². The van der Waals surface area contributed by atoms with E-state index in [1.54, 1.807) is 0 Å². The Kier molecular flexibility index (Phi) is 7.43. The molecule has 0 N–H and O–H groups in total. The van der Waals surface area contributed by atoms with E-state index in [2.05, 4.69) is 19.1 Å². The second kappa shape index (κ2) is 9.80. The van der Waals surface area contributed by atoms with Gasteiger partial charge in [-0.2, -0.15) is 0 Å². The van der Waals surface area contributed by atoms with Crippen LogP contribution >= 0.6 is 0 Å². The van der Waals surface area contributed by atoms with Crippen molar-refractivity contribution in [2.75, 3.05) is 0 Å². The third-order valence-corrected chi connectivity index (χ3v) is 6.76. The molecule has 0 saturated heterocycles. The quantitative estimate of drug-likeness (QED) is 0.348. The van der Waals surface area contributed by atoms with Crippen molar-refractivity contribution in [3.63, 3.8) is 0 Å². The lowest BCUT2D eigenvalue weighted by atomic mass is 9.77. The fourth-order valence-corrected chi connectivity index (χ4v) is 4.93. The standard InChI is InChI=1S/C24H33F3/c1-2-3-4-17-5-7-18(8-6-17)9-10-19-11-13-20(14-12-19)21-15-22(25)24(27)23(26)16-21/h9-10,15-20H,2-8,11-14H2,1H3. The average molecular weight is 379 g/mol. The van der Waals surface area contributed by atoms with Gasteiger partial charge in [-0.25, -0.2) is 13.2 Å². The van der Waals surface area contributed by atoms with Gasteiger partial charge in [0.2, 0.25) is 0 Å². The molecular weight excluding hydrogens is 345 g/mol. The summed E-state index contributed by atoms with van der Waals surface area (Å²) >= 11 is 0. The van der Waals surface area contributed by atoms with Crippen molar-refractivity contribution >= 4 is 0 Å². The van der Waals surface area contributed by atoms with Gasteiger partial charge in [-0.05, 0) is 92.7 Å². The van der Waals surface area contributed by atoms with Crippen molar-refractivity contribution in [1.29, 1.82) is 0 Å². The first kappa shape index (κ1) is 20.5. The van der Waals surface area contributed by atoms with Gasteiger partial charge in [0.05, 0.1) is 0 Å². The fraction of sp³-hybridized carbons (Fsp3) is 0.667. The second-order valence-corrected chi connectivity index (χ2v) is 8.72. The van der Waals surface area contributed by atoms with Crippen LogP contribution in [0.1, 0.15) is 89.0 Å². The van der Waals surface area contributed by atoms with Gasteiger partial charge in [0.25, 0.3) is 0 Å². The van der Waals surface area contributed by atoms with Crippen LogP contribution in [-0.2, 0) is 0 Å². The Bertz CT molecular complexity index is 598. The Balaban J connectivity index is 1.44. The predicted octanol–water partition coefficient (Wildman–Crippen LogP) is 7.93. The first-order chi connectivity index (χ1) is 13.1. The molecule has 2 saturated carbocycles. The van der Waals surface area contributed by atoms with E-state index in [4.69, 9.17) is 0 Å². The zero-order valence-corrected chi connectivity index (χ0v) is 16.5. The molecule has 150 valence electrons. The maximum atomic E-state index is 13.5. The summed E-state index contributed by atoms with van der Waals surface area (Å²) in [7, 11) is 0. The van der Waals surface area contributed by atoms with E-state index in [1.807, 2.05) is 0 Å². The lowest BCUT2D eigenvalue weighted by Crippen LogP contribution is -2.15. The number of halogens is 3. The third kappa shape index (κ3) is 5.62. The van der Waals surface area contributed by atoms with Gasteiger partial charge < -0.3 is 0 Å². The van der Waals surface area contributed by atoms with Crippen LogP contribution in [0.4, 0.5) is 13.2 Å². The molecule has 3 rings (SSSR count). The minimum Gasteiger partial charge on any atom is -0.204 e. The number of rotatable bonds is 6. The maximum Gasteiger partial charge on any atom is 0.194 e. The van der Waals surface area contributed by atoms with Crippen molar-refractivity contribution in [3.05, 3.63) is 47.3 Å². The van der Waals surface area contributed by atoms with Crippen LogP contribution in [0.3, 0.4) is 0 Å². The first-order valence-electron chi connectivity index (χ1n) is 10.9. The highest BCUT2D eigenvalue weighted by Gasteiger charge is 2.24. The molecule has 1 aromatic rings. The van der Waals surface area contributed by atoms with Crippen LogP contribution < -0.4 is 0 Å². The summed E-state index contributed by atoms with van der Waals surface area (Å²) < 4.78 is 40.1. The summed E-state index contributed by atoms with van der Waals surface area (Å²) in [5.74, 6) is -1.09. The van der Waals surface area contributed by atoms with Crippen LogP contribution in [0, 0.1) is 35.2 Å². The van der Waals surface area contributed by atoms with Crippen LogP contribution in [0.25, 0.3) is 0 Å². The van der Waals surface area contributed by atoms with Crippen molar-refractivity contribution < 1.29 is 13.2 Å². The molecule has 0 radical (unpaired) electrons. The Morgan fingerprint density at radius 3 is 1.85 bits per heavy atom. The Morgan fingerprint density at radius 2 is 1.33 bits per heavy atom. The van der Waals surface area contributed by atoms with E-state index in [-0.39, 0.29) is 5.92 Å². The van der Waals surface area contributed by atoms with E-state index in [0.717, 1.165) is 37.5 Å². The van der Waals surface area contributed by atoms with Crippen molar-refractivity contribution in [1.82, 2.24) is 0 Å². The molecule has 0 atom stereocenters. The van der Waals surface area contributed by atoms with E-state index < -0.39 is 17.5 Å². The van der Waals surface area contributed by atoms with Crippen LogP contribution in [-0.4, -0.2) is 0 Å². The number of benzene rings is 1. The zero-order chi connectivity index (χ0) is 19.2. The third-order valence-electron chi connectivity index (χ3n) is 6.76. The number of unbranched alkanes of at least 4 members (excludes halogenated alkanes) is 1. The van der Waals surface area contributed by atoms with Gasteiger partial charge in [-0.1, -0.05) is 38.3 Å². The normalized spacial score (nSPS) is 29.3.